The molecule has 0 aliphatic rings. The number of hydrogen-bond acceptors (Lipinski definition) is 6. The Balaban J connectivity index is 1.64. The average molecular weight is 451 g/mol. The van der Waals surface area contributed by atoms with Crippen LogP contribution < -0.4 is 10.1 Å². The lowest BCUT2D eigenvalue weighted by Gasteiger charge is -2.08. The van der Waals surface area contributed by atoms with Crippen LogP contribution in [0.25, 0.3) is 11.4 Å². The van der Waals surface area contributed by atoms with Gasteiger partial charge < -0.3 is 14.6 Å². The summed E-state index contributed by atoms with van der Waals surface area (Å²) in [5.74, 6) is 0.398. The van der Waals surface area contributed by atoms with E-state index in [1.54, 1.807) is 54.1 Å². The fourth-order valence-corrected chi connectivity index (χ4v) is 3.68. The second-order valence-electron chi connectivity index (χ2n) is 5.95. The van der Waals surface area contributed by atoms with Gasteiger partial charge in [0.25, 0.3) is 0 Å². The molecular formula is C19H16Cl2N4O3S. The van der Waals surface area contributed by atoms with Gasteiger partial charge in [-0.2, -0.15) is 0 Å². The first-order chi connectivity index (χ1) is 13.8. The Labute approximate surface area is 181 Å². The summed E-state index contributed by atoms with van der Waals surface area (Å²) < 4.78 is 6.77. The molecule has 0 aliphatic carbocycles. The summed E-state index contributed by atoms with van der Waals surface area (Å²) in [6.45, 7) is 1.31. The molecule has 0 atom stereocenters. The lowest BCUT2D eigenvalue weighted by atomic mass is 10.2. The molecule has 29 heavy (non-hydrogen) atoms. The van der Waals surface area contributed by atoms with E-state index in [1.165, 1.54) is 18.7 Å². The van der Waals surface area contributed by atoms with Crippen LogP contribution in [0.1, 0.15) is 6.92 Å². The summed E-state index contributed by atoms with van der Waals surface area (Å²) >= 11 is 13.4. The highest BCUT2D eigenvalue weighted by molar-refractivity contribution is 7.99. The van der Waals surface area contributed by atoms with Crippen molar-refractivity contribution in [2.45, 2.75) is 12.1 Å². The molecule has 1 N–H and O–H groups in total. The summed E-state index contributed by atoms with van der Waals surface area (Å²) in [5, 5.41) is 12.6. The Morgan fingerprint density at radius 2 is 1.97 bits per heavy atom. The molecule has 0 bridgehead atoms. The maximum absolute atomic E-state index is 12.3. The molecule has 3 rings (SSSR count). The zero-order chi connectivity index (χ0) is 21.0. The number of esters is 1. The van der Waals surface area contributed by atoms with E-state index in [-0.39, 0.29) is 11.7 Å². The predicted molar refractivity (Wildman–Crippen MR) is 114 cm³/mol. The molecule has 7 nitrogen and oxygen atoms in total. The highest BCUT2D eigenvalue weighted by atomic mass is 35.5. The molecule has 3 aromatic rings. The number of nitrogens with one attached hydrogen (secondary N) is 1. The van der Waals surface area contributed by atoms with Gasteiger partial charge in [0.1, 0.15) is 5.75 Å². The van der Waals surface area contributed by atoms with Crippen molar-refractivity contribution in [3.8, 4) is 17.1 Å². The third kappa shape index (κ3) is 5.50. The molecule has 0 radical (unpaired) electrons. The summed E-state index contributed by atoms with van der Waals surface area (Å²) in [4.78, 5) is 23.3. The van der Waals surface area contributed by atoms with Crippen molar-refractivity contribution < 1.29 is 14.3 Å². The molecular weight excluding hydrogens is 435 g/mol. The first-order valence-electron chi connectivity index (χ1n) is 8.39. The predicted octanol–water partition coefficient (Wildman–Crippen LogP) is 4.45. The quantitative estimate of drug-likeness (QED) is 0.339. The van der Waals surface area contributed by atoms with Crippen LogP contribution >= 0.6 is 35.0 Å². The van der Waals surface area contributed by atoms with Crippen molar-refractivity contribution in [2.24, 2.45) is 7.05 Å². The topological polar surface area (TPSA) is 86.1 Å². The minimum Gasteiger partial charge on any atom is -0.427 e. The largest absolute Gasteiger partial charge is 0.427 e. The van der Waals surface area contributed by atoms with Gasteiger partial charge >= 0.3 is 5.97 Å². The van der Waals surface area contributed by atoms with Crippen LogP contribution in [0.15, 0.2) is 47.6 Å². The number of aromatic nitrogens is 3. The van der Waals surface area contributed by atoms with E-state index >= 15 is 0 Å². The minimum atomic E-state index is -0.428. The second kappa shape index (κ2) is 9.30. The molecule has 0 saturated heterocycles. The normalized spacial score (nSPS) is 10.6. The monoisotopic (exact) mass is 450 g/mol. The molecule has 0 fully saturated rings. The van der Waals surface area contributed by atoms with Crippen molar-refractivity contribution >= 4 is 52.5 Å². The number of halogens is 2. The number of thioether (sulfide) groups is 1. The standard InChI is InChI=1S/C19H16Cl2N4O3S/c1-11(26)28-14-5-3-4-13(9-14)22-17(27)10-29-19-24-23-18(25(19)2)15-7-6-12(20)8-16(15)21/h3-9H,10H2,1-2H3,(H,22,27). The van der Waals surface area contributed by atoms with Gasteiger partial charge in [0.15, 0.2) is 11.0 Å². The summed E-state index contributed by atoms with van der Waals surface area (Å²) in [7, 11) is 1.79. The highest BCUT2D eigenvalue weighted by Crippen LogP contribution is 2.30. The van der Waals surface area contributed by atoms with Crippen molar-refractivity contribution in [3.05, 3.63) is 52.5 Å². The SMILES string of the molecule is CC(=O)Oc1cccc(NC(=O)CSc2nnc(-c3ccc(Cl)cc3Cl)n2C)c1. The lowest BCUT2D eigenvalue weighted by molar-refractivity contribution is -0.131. The van der Waals surface area contributed by atoms with Crippen molar-refractivity contribution in [2.75, 3.05) is 11.1 Å². The molecule has 0 aliphatic heterocycles. The van der Waals surface area contributed by atoms with Gasteiger partial charge in [-0.3, -0.25) is 9.59 Å². The molecule has 10 heteroatoms. The number of amides is 1. The van der Waals surface area contributed by atoms with Crippen LogP contribution in [0.5, 0.6) is 5.75 Å². The summed E-state index contributed by atoms with van der Waals surface area (Å²) in [6.07, 6.45) is 0. The van der Waals surface area contributed by atoms with Crippen LogP contribution in [0.2, 0.25) is 10.0 Å². The third-order valence-electron chi connectivity index (χ3n) is 3.72. The van der Waals surface area contributed by atoms with Gasteiger partial charge in [0.2, 0.25) is 5.91 Å². The average Bonchev–Trinajstić information content (AvgIpc) is 3.00. The number of carbonyl (C=O) groups is 2. The Morgan fingerprint density at radius 1 is 1.17 bits per heavy atom. The minimum absolute atomic E-state index is 0.123. The molecule has 1 aromatic heterocycles. The Kier molecular flexibility index (Phi) is 6.79. The first kappa shape index (κ1) is 21.2. The first-order valence-corrected chi connectivity index (χ1v) is 10.1. The van der Waals surface area contributed by atoms with E-state index in [2.05, 4.69) is 15.5 Å². The third-order valence-corrected chi connectivity index (χ3v) is 5.29. The molecule has 0 unspecified atom stereocenters. The molecule has 0 saturated carbocycles. The smallest absolute Gasteiger partial charge is 0.308 e. The van der Waals surface area contributed by atoms with Crippen LogP contribution in [0.4, 0.5) is 5.69 Å². The Hall–Kier alpha value is -2.55. The number of benzene rings is 2. The summed E-state index contributed by atoms with van der Waals surface area (Å²) in [6, 6.07) is 11.7. The molecule has 0 spiro atoms. The van der Waals surface area contributed by atoms with Crippen LogP contribution in [-0.4, -0.2) is 32.4 Å². The fraction of sp³-hybridized carbons (Fsp3) is 0.158. The Morgan fingerprint density at radius 3 is 2.69 bits per heavy atom. The maximum Gasteiger partial charge on any atom is 0.308 e. The van der Waals surface area contributed by atoms with Crippen LogP contribution in [0, 0.1) is 0 Å². The molecule has 2 aromatic carbocycles. The number of rotatable bonds is 6. The van der Waals surface area contributed by atoms with Gasteiger partial charge in [-0.25, -0.2) is 0 Å². The van der Waals surface area contributed by atoms with Gasteiger partial charge in [-0.15, -0.1) is 10.2 Å². The molecule has 1 heterocycles. The van der Waals surface area contributed by atoms with E-state index in [0.717, 1.165) is 0 Å². The number of hydrogen-bond donors (Lipinski definition) is 1. The van der Waals surface area contributed by atoms with Crippen molar-refractivity contribution in [3.63, 3.8) is 0 Å². The van der Waals surface area contributed by atoms with Gasteiger partial charge in [0.05, 0.1) is 10.8 Å². The van der Waals surface area contributed by atoms with Crippen molar-refractivity contribution in [1.29, 1.82) is 0 Å². The van der Waals surface area contributed by atoms with E-state index in [4.69, 9.17) is 27.9 Å². The van der Waals surface area contributed by atoms with E-state index < -0.39 is 5.97 Å². The van der Waals surface area contributed by atoms with E-state index in [9.17, 15) is 9.59 Å². The Bertz CT molecular complexity index is 1070. The van der Waals surface area contributed by atoms with Gasteiger partial charge in [-0.05, 0) is 30.3 Å². The number of carbonyl (C=O) groups excluding carboxylic acids is 2. The number of anilines is 1. The van der Waals surface area contributed by atoms with E-state index in [0.29, 0.717) is 38.0 Å². The summed E-state index contributed by atoms with van der Waals surface area (Å²) in [5.41, 5.74) is 1.23. The van der Waals surface area contributed by atoms with E-state index in [1.807, 2.05) is 0 Å². The second-order valence-corrected chi connectivity index (χ2v) is 7.73. The highest BCUT2D eigenvalue weighted by Gasteiger charge is 2.15. The number of nitrogens with zero attached hydrogens (tertiary/aromatic N) is 3. The zero-order valence-corrected chi connectivity index (χ0v) is 17.8. The lowest BCUT2D eigenvalue weighted by Crippen LogP contribution is -2.14. The van der Waals surface area contributed by atoms with Gasteiger partial charge in [-0.1, -0.05) is 41.0 Å². The molecule has 150 valence electrons. The van der Waals surface area contributed by atoms with Gasteiger partial charge in [0, 0.05) is 36.3 Å². The molecule has 1 amide bonds. The number of ether oxygens (including phenoxy) is 1. The fourth-order valence-electron chi connectivity index (χ4n) is 2.48. The van der Waals surface area contributed by atoms with Crippen LogP contribution in [-0.2, 0) is 16.6 Å². The maximum atomic E-state index is 12.3. The van der Waals surface area contributed by atoms with Crippen molar-refractivity contribution in [1.82, 2.24) is 14.8 Å². The van der Waals surface area contributed by atoms with Crippen LogP contribution in [0.3, 0.4) is 0 Å². The zero-order valence-electron chi connectivity index (χ0n) is 15.5.